The Labute approximate surface area is 374 Å². The molecule has 1 heterocycles. The molecule has 7 aliphatic rings. The Morgan fingerprint density at radius 1 is 0.518 bits per heavy atom. The van der Waals surface area contributed by atoms with E-state index in [1.54, 1.807) is 204 Å². The fraction of sp³-hybridized carbons (Fsp3) is 0.857. The summed E-state index contributed by atoms with van der Waals surface area (Å²) < 4.78 is 3.41. The summed E-state index contributed by atoms with van der Waals surface area (Å²) in [6.07, 6.45) is 55.9. The van der Waals surface area contributed by atoms with Crippen LogP contribution in [0.1, 0.15) is 222 Å². The molecular formula is C49H83BrCl2P2RuS+2. The second-order valence-electron chi connectivity index (χ2n) is 19.6. The van der Waals surface area contributed by atoms with Crippen molar-refractivity contribution in [1.82, 2.24) is 0 Å². The molecule has 0 nitrogen and oxygen atoms in total. The van der Waals surface area contributed by atoms with Crippen LogP contribution in [0.2, 0.25) is 0 Å². The summed E-state index contributed by atoms with van der Waals surface area (Å²) in [4.78, 5) is 1.36. The first-order valence-electron chi connectivity index (χ1n) is 24.4. The van der Waals surface area contributed by atoms with Crippen molar-refractivity contribution in [2.45, 2.75) is 253 Å². The molecule has 7 heteroatoms. The molecule has 0 radical (unpaired) electrons. The van der Waals surface area contributed by atoms with Gasteiger partial charge in [0, 0.05) is 15.8 Å². The maximum absolute atomic E-state index is 5.93. The molecule has 7 fully saturated rings. The molecule has 8 rings (SSSR count). The minimum absolute atomic E-state index is 0.0465. The molecule has 7 saturated carbocycles. The zero-order chi connectivity index (χ0) is 39.0. The number of hydrogen-bond donors (Lipinski definition) is 0. The fourth-order valence-electron chi connectivity index (χ4n) is 12.9. The van der Waals surface area contributed by atoms with Crippen LogP contribution in [0.5, 0.6) is 0 Å². The molecule has 2 atom stereocenters. The Morgan fingerprint density at radius 2 is 0.839 bits per heavy atom. The van der Waals surface area contributed by atoms with Crippen LogP contribution in [-0.2, 0) is 13.5 Å². The molecule has 7 aliphatic carbocycles. The average molecular weight is 1020 g/mol. The first-order valence-corrected chi connectivity index (χ1v) is 35.0. The van der Waals surface area contributed by atoms with Gasteiger partial charge in [0.2, 0.25) is 0 Å². The van der Waals surface area contributed by atoms with Crippen molar-refractivity contribution in [3.05, 3.63) is 26.4 Å². The van der Waals surface area contributed by atoms with Crippen LogP contribution >= 0.6 is 62.5 Å². The Kier molecular flexibility index (Phi) is 22.4. The molecule has 0 bridgehead atoms. The number of allylic oxidation sites excluding steroid dienone is 1. The monoisotopic (exact) mass is 1020 g/mol. The molecule has 2 unspecified atom stereocenters. The third-order valence-electron chi connectivity index (χ3n) is 15.7. The zero-order valence-electron chi connectivity index (χ0n) is 35.7. The van der Waals surface area contributed by atoms with Gasteiger partial charge in [0.1, 0.15) is 0 Å². The first-order chi connectivity index (χ1) is 27.4. The van der Waals surface area contributed by atoms with Crippen LogP contribution in [0.15, 0.2) is 15.9 Å². The molecule has 56 heavy (non-hydrogen) atoms. The van der Waals surface area contributed by atoms with E-state index >= 15 is 0 Å². The van der Waals surface area contributed by atoms with E-state index in [2.05, 4.69) is 45.7 Å². The Morgan fingerprint density at radius 3 is 1.12 bits per heavy atom. The third-order valence-corrected chi connectivity index (χ3v) is 28.8. The topological polar surface area (TPSA) is 0 Å². The van der Waals surface area contributed by atoms with Crippen LogP contribution in [0, 0.1) is 18.8 Å². The van der Waals surface area contributed by atoms with E-state index in [0.29, 0.717) is 11.8 Å². The second kappa shape index (κ2) is 26.5. The van der Waals surface area contributed by atoms with Crippen LogP contribution in [0.4, 0.5) is 0 Å². The second-order valence-corrected chi connectivity index (χ2v) is 34.8. The molecular weight excluding hydrogens is 934 g/mol. The summed E-state index contributed by atoms with van der Waals surface area (Å²) in [6, 6.07) is 2.17. The van der Waals surface area contributed by atoms with Gasteiger partial charge in [-0.1, -0.05) is 38.5 Å². The summed E-state index contributed by atoms with van der Waals surface area (Å²) in [6.45, 7) is 2.16. The molecule has 0 spiro atoms. The van der Waals surface area contributed by atoms with Gasteiger partial charge >= 0.3 is 135 Å². The van der Waals surface area contributed by atoms with Gasteiger partial charge in [-0.25, -0.2) is 0 Å². The number of hydrogen-bond acceptors (Lipinski definition) is 1. The molecule has 0 saturated heterocycles. The van der Waals surface area contributed by atoms with Crippen molar-refractivity contribution in [2.24, 2.45) is 11.8 Å². The zero-order valence-corrected chi connectivity index (χ0v) is 43.3. The van der Waals surface area contributed by atoms with E-state index in [1.807, 2.05) is 0 Å². The maximum atomic E-state index is 5.93. The summed E-state index contributed by atoms with van der Waals surface area (Å²) in [7, 11) is 11.8. The standard InChI is InChI=1S/2C18H33P.C13H15BrS.2ClH.Ru/c2*1-4-10-16(11-5-1)19(17-12-6-2-7-13-17)18-14-8-3-9-15-18;1-9-3-4-11(7-9)5-6-12-10(2)8-13(14)15-12;;;/h2*16-18H,1-15H2;1,5-6,8-9,11H,3-4,7H2,2H3;2*1H;/q;;;;;+2/b;;6-5+;;;. The van der Waals surface area contributed by atoms with Crippen molar-refractivity contribution < 1.29 is 13.5 Å². The molecule has 0 aliphatic heterocycles. The quantitative estimate of drug-likeness (QED) is 0.171. The number of aryl methyl sites for hydroxylation is 1. The van der Waals surface area contributed by atoms with Gasteiger partial charge in [0.25, 0.3) is 0 Å². The summed E-state index contributed by atoms with van der Waals surface area (Å²) in [5.41, 5.74) is 8.71. The van der Waals surface area contributed by atoms with Gasteiger partial charge in [-0.3, -0.25) is 0 Å². The van der Waals surface area contributed by atoms with E-state index < -0.39 is 13.5 Å². The molecule has 0 amide bonds. The van der Waals surface area contributed by atoms with E-state index in [4.69, 9.17) is 19.4 Å². The Balaban J connectivity index is 0.000000142. The predicted molar refractivity (Wildman–Crippen MR) is 262 cm³/mol. The third kappa shape index (κ3) is 15.6. The summed E-state index contributed by atoms with van der Waals surface area (Å²) in [5.74, 6) is 1.33. The summed E-state index contributed by atoms with van der Waals surface area (Å²) >= 11 is 3.74. The van der Waals surface area contributed by atoms with Gasteiger partial charge in [-0.2, -0.15) is 0 Å². The predicted octanol–water partition coefficient (Wildman–Crippen LogP) is 18.4. The molecule has 1 aromatic heterocycles. The van der Waals surface area contributed by atoms with Crippen LogP contribution in [0.25, 0.3) is 6.08 Å². The minimum atomic E-state index is -1.58. The number of halogens is 3. The van der Waals surface area contributed by atoms with Gasteiger partial charge < -0.3 is 0 Å². The fourth-order valence-corrected chi connectivity index (χ4v) is 27.7. The normalized spacial score (nSPS) is 27.6. The van der Waals surface area contributed by atoms with Crippen LogP contribution in [0.3, 0.4) is 0 Å². The first kappa shape index (κ1) is 47.3. The SMILES string of the molecule is C1CCC([PH+](C2CCCCC2)C2CCCCC2)CC1.C1CCC([PH+](C2CCCCC2)C2CCCCC2)CC1.Cc1cc(Br)sc1/C=C/C1CCC([CH]=[Ru]([Cl])[Cl])C1. The number of thiophene rings is 1. The number of rotatable bonds is 9. The van der Waals surface area contributed by atoms with Crippen molar-refractivity contribution in [1.29, 1.82) is 0 Å². The van der Waals surface area contributed by atoms with E-state index in [-0.39, 0.29) is 15.8 Å². The van der Waals surface area contributed by atoms with Crippen molar-refractivity contribution in [2.75, 3.05) is 0 Å². The van der Waals surface area contributed by atoms with Gasteiger partial charge in [-0.15, -0.1) is 0 Å². The van der Waals surface area contributed by atoms with E-state index in [1.165, 1.54) is 67.4 Å². The van der Waals surface area contributed by atoms with Crippen LogP contribution < -0.4 is 0 Å². The Bertz CT molecular complexity index is 1140. The van der Waals surface area contributed by atoms with E-state index in [9.17, 15) is 0 Å². The van der Waals surface area contributed by atoms with Gasteiger partial charge in [-0.05, 0) is 154 Å². The van der Waals surface area contributed by atoms with Crippen molar-refractivity contribution in [3.8, 4) is 0 Å². The van der Waals surface area contributed by atoms with Gasteiger partial charge in [0.05, 0.1) is 34.0 Å². The van der Waals surface area contributed by atoms with Crippen molar-refractivity contribution >= 4 is 73.2 Å². The average Bonchev–Trinajstić information content (AvgIpc) is 3.83. The molecule has 1 aromatic rings. The molecule has 322 valence electrons. The van der Waals surface area contributed by atoms with Gasteiger partial charge in [0.15, 0.2) is 0 Å². The summed E-state index contributed by atoms with van der Waals surface area (Å²) in [5, 5.41) is 0. The Hall–Kier alpha value is 1.85. The van der Waals surface area contributed by atoms with Crippen molar-refractivity contribution in [3.63, 3.8) is 0 Å². The van der Waals surface area contributed by atoms with Crippen LogP contribution in [-0.4, -0.2) is 38.6 Å². The molecule has 0 N–H and O–H groups in total. The molecule has 0 aromatic carbocycles. The van der Waals surface area contributed by atoms with E-state index in [0.717, 1.165) is 0 Å².